The van der Waals surface area contributed by atoms with Crippen molar-refractivity contribution in [3.63, 3.8) is 0 Å². The summed E-state index contributed by atoms with van der Waals surface area (Å²) >= 11 is 0. The van der Waals surface area contributed by atoms with Gasteiger partial charge in [0.2, 0.25) is 0 Å². The number of nitrogens with zero attached hydrogens (tertiary/aromatic N) is 1. The molecular formula is C24H24N2O3. The van der Waals surface area contributed by atoms with Crippen LogP contribution in [0.3, 0.4) is 0 Å². The molecule has 0 saturated carbocycles. The number of amides is 1. The van der Waals surface area contributed by atoms with E-state index in [1.807, 2.05) is 73.7 Å². The molecule has 3 aromatic carbocycles. The third-order valence-electron chi connectivity index (χ3n) is 4.22. The summed E-state index contributed by atoms with van der Waals surface area (Å²) in [7, 11) is 0. The van der Waals surface area contributed by atoms with E-state index in [0.717, 1.165) is 23.3 Å². The minimum Gasteiger partial charge on any atom is -0.493 e. The molecule has 0 fully saturated rings. The van der Waals surface area contributed by atoms with Crippen LogP contribution in [0.15, 0.2) is 84.0 Å². The van der Waals surface area contributed by atoms with Crippen LogP contribution in [-0.4, -0.2) is 25.3 Å². The van der Waals surface area contributed by atoms with Crippen LogP contribution in [-0.2, 0) is 0 Å². The number of hydrogen-bond donors (Lipinski definition) is 1. The van der Waals surface area contributed by atoms with E-state index in [0.29, 0.717) is 24.5 Å². The summed E-state index contributed by atoms with van der Waals surface area (Å²) in [5.41, 5.74) is 5.00. The Morgan fingerprint density at radius 2 is 1.48 bits per heavy atom. The molecule has 1 N–H and O–H groups in total. The summed E-state index contributed by atoms with van der Waals surface area (Å²) < 4.78 is 11.6. The summed E-state index contributed by atoms with van der Waals surface area (Å²) in [4.78, 5) is 12.0. The number of rotatable bonds is 9. The van der Waals surface area contributed by atoms with Crippen molar-refractivity contribution in [3.05, 3.63) is 95.6 Å². The Morgan fingerprint density at radius 1 is 0.862 bits per heavy atom. The van der Waals surface area contributed by atoms with Crippen LogP contribution in [0.5, 0.6) is 11.5 Å². The lowest BCUT2D eigenvalue weighted by Crippen LogP contribution is -2.17. The van der Waals surface area contributed by atoms with Crippen molar-refractivity contribution in [1.82, 2.24) is 5.43 Å². The monoisotopic (exact) mass is 388 g/mol. The molecule has 5 heteroatoms. The zero-order valence-corrected chi connectivity index (χ0v) is 16.4. The summed E-state index contributed by atoms with van der Waals surface area (Å²) in [6.07, 6.45) is 2.34. The molecule has 0 aliphatic carbocycles. The average Bonchev–Trinajstić information content (AvgIpc) is 2.76. The Kier molecular flexibility index (Phi) is 7.41. The molecule has 148 valence electrons. The lowest BCUT2D eigenvalue weighted by molar-refractivity contribution is 0.0955. The largest absolute Gasteiger partial charge is 0.493 e. The van der Waals surface area contributed by atoms with Gasteiger partial charge in [-0.2, -0.15) is 5.10 Å². The first kappa shape index (κ1) is 20.1. The predicted octanol–water partition coefficient (Wildman–Crippen LogP) is 4.61. The Labute approximate surface area is 171 Å². The summed E-state index contributed by atoms with van der Waals surface area (Å²) in [5.74, 6) is 1.35. The molecule has 3 rings (SSSR count). The maximum Gasteiger partial charge on any atom is 0.271 e. The molecule has 0 saturated heterocycles. The van der Waals surface area contributed by atoms with Crippen molar-refractivity contribution < 1.29 is 14.3 Å². The molecule has 0 aliphatic heterocycles. The Balaban J connectivity index is 1.47. The zero-order chi connectivity index (χ0) is 20.3. The van der Waals surface area contributed by atoms with Crippen molar-refractivity contribution in [1.29, 1.82) is 0 Å². The van der Waals surface area contributed by atoms with E-state index < -0.39 is 0 Å². The smallest absolute Gasteiger partial charge is 0.271 e. The second-order valence-electron chi connectivity index (χ2n) is 6.42. The fraction of sp³-hybridized carbons (Fsp3) is 0.167. The van der Waals surface area contributed by atoms with Crippen molar-refractivity contribution in [2.75, 3.05) is 13.2 Å². The molecule has 0 unspecified atom stereocenters. The normalized spacial score (nSPS) is 10.7. The number of hydrazone groups is 1. The lowest BCUT2D eigenvalue weighted by Gasteiger charge is -2.11. The van der Waals surface area contributed by atoms with Gasteiger partial charge in [-0.15, -0.1) is 0 Å². The second kappa shape index (κ2) is 10.7. The van der Waals surface area contributed by atoms with Gasteiger partial charge < -0.3 is 9.47 Å². The van der Waals surface area contributed by atoms with E-state index >= 15 is 0 Å². The van der Waals surface area contributed by atoms with Gasteiger partial charge in [0.15, 0.2) is 0 Å². The van der Waals surface area contributed by atoms with Gasteiger partial charge in [0.25, 0.3) is 5.91 Å². The molecule has 0 aliphatic rings. The molecule has 0 heterocycles. The predicted molar refractivity (Wildman–Crippen MR) is 115 cm³/mol. The Morgan fingerprint density at radius 3 is 2.24 bits per heavy atom. The number of hydrogen-bond acceptors (Lipinski definition) is 4. The van der Waals surface area contributed by atoms with Gasteiger partial charge in [0, 0.05) is 17.5 Å². The minimum atomic E-state index is -0.256. The first-order valence-corrected chi connectivity index (χ1v) is 9.53. The van der Waals surface area contributed by atoms with Crippen molar-refractivity contribution in [3.8, 4) is 11.5 Å². The van der Waals surface area contributed by atoms with Gasteiger partial charge in [-0.3, -0.25) is 4.79 Å². The number of para-hydroxylation sites is 2. The molecular weight excluding hydrogens is 364 g/mol. The quantitative estimate of drug-likeness (QED) is 0.331. The first-order valence-electron chi connectivity index (χ1n) is 9.53. The summed E-state index contributed by atoms with van der Waals surface area (Å²) in [6.45, 7) is 3.12. The highest BCUT2D eigenvalue weighted by Gasteiger charge is 2.04. The second-order valence-corrected chi connectivity index (χ2v) is 6.42. The van der Waals surface area contributed by atoms with E-state index in [2.05, 4.69) is 10.5 Å². The fourth-order valence-electron chi connectivity index (χ4n) is 2.67. The number of benzene rings is 3. The maximum absolute atomic E-state index is 12.0. The van der Waals surface area contributed by atoms with Crippen LogP contribution in [0.1, 0.15) is 27.9 Å². The number of ether oxygens (including phenoxy) is 2. The highest BCUT2D eigenvalue weighted by Crippen LogP contribution is 2.18. The highest BCUT2D eigenvalue weighted by atomic mass is 16.5. The molecule has 3 aromatic rings. The summed E-state index contributed by atoms with van der Waals surface area (Å²) in [5, 5.41) is 4.04. The van der Waals surface area contributed by atoms with E-state index in [1.165, 1.54) is 0 Å². The molecule has 1 amide bonds. The number of aryl methyl sites for hydroxylation is 1. The van der Waals surface area contributed by atoms with Crippen molar-refractivity contribution in [2.45, 2.75) is 13.3 Å². The van der Waals surface area contributed by atoms with Gasteiger partial charge >= 0.3 is 0 Å². The van der Waals surface area contributed by atoms with Crippen LogP contribution in [0.2, 0.25) is 0 Å². The van der Waals surface area contributed by atoms with Gasteiger partial charge in [0.05, 0.1) is 19.4 Å². The third-order valence-corrected chi connectivity index (χ3v) is 4.22. The van der Waals surface area contributed by atoms with E-state index in [9.17, 15) is 4.79 Å². The van der Waals surface area contributed by atoms with Crippen LogP contribution in [0.4, 0.5) is 0 Å². The molecule has 29 heavy (non-hydrogen) atoms. The van der Waals surface area contributed by atoms with Crippen LogP contribution < -0.4 is 14.9 Å². The van der Waals surface area contributed by atoms with Crippen molar-refractivity contribution in [2.24, 2.45) is 5.10 Å². The SMILES string of the molecule is Cc1ccccc1OCCCOc1ccccc1C=NNC(=O)c1ccccc1. The first-order chi connectivity index (χ1) is 14.2. The molecule has 0 radical (unpaired) electrons. The van der Waals surface area contributed by atoms with E-state index in [4.69, 9.17) is 9.47 Å². The summed E-state index contributed by atoms with van der Waals surface area (Å²) in [6, 6.07) is 24.5. The number of carbonyl (C=O) groups excluding carboxylic acids is 1. The Bertz CT molecular complexity index is 955. The van der Waals surface area contributed by atoms with Crippen LogP contribution in [0.25, 0.3) is 0 Å². The molecule has 0 aromatic heterocycles. The standard InChI is InChI=1S/C24H24N2O3/c1-19-10-5-7-14-22(19)28-16-9-17-29-23-15-8-6-13-21(23)18-25-26-24(27)20-11-3-2-4-12-20/h2-8,10-15,18H,9,16-17H2,1H3,(H,26,27). The van der Waals surface area contributed by atoms with Gasteiger partial charge in [-0.25, -0.2) is 5.43 Å². The van der Waals surface area contributed by atoms with Gasteiger partial charge in [-0.1, -0.05) is 48.5 Å². The molecule has 0 bridgehead atoms. The van der Waals surface area contributed by atoms with E-state index in [1.54, 1.807) is 18.3 Å². The lowest BCUT2D eigenvalue weighted by atomic mass is 10.2. The molecule has 5 nitrogen and oxygen atoms in total. The number of carbonyl (C=O) groups is 1. The van der Waals surface area contributed by atoms with Crippen molar-refractivity contribution >= 4 is 12.1 Å². The fourth-order valence-corrected chi connectivity index (χ4v) is 2.67. The van der Waals surface area contributed by atoms with Gasteiger partial charge in [-0.05, 0) is 42.8 Å². The highest BCUT2D eigenvalue weighted by molar-refractivity contribution is 5.95. The number of nitrogens with one attached hydrogen (secondary N) is 1. The molecule has 0 spiro atoms. The zero-order valence-electron chi connectivity index (χ0n) is 16.4. The van der Waals surface area contributed by atoms with Crippen LogP contribution in [0, 0.1) is 6.92 Å². The minimum absolute atomic E-state index is 0.256. The Hall–Kier alpha value is -3.60. The molecule has 0 atom stereocenters. The topological polar surface area (TPSA) is 59.9 Å². The average molecular weight is 388 g/mol. The van der Waals surface area contributed by atoms with Gasteiger partial charge in [0.1, 0.15) is 11.5 Å². The van der Waals surface area contributed by atoms with E-state index in [-0.39, 0.29) is 5.91 Å². The third kappa shape index (κ3) is 6.21. The maximum atomic E-state index is 12.0. The van der Waals surface area contributed by atoms with Crippen LogP contribution >= 0.6 is 0 Å².